The number of benzene rings is 2. The molecule has 1 aliphatic heterocycles. The summed E-state index contributed by atoms with van der Waals surface area (Å²) in [5, 5.41) is 6.68. The largest absolute Gasteiger partial charge is 0.496 e. The number of likely N-dealkylation sites (tertiary alicyclic amines) is 1. The number of halogens is 1. The van der Waals surface area contributed by atoms with Crippen LogP contribution in [0.15, 0.2) is 59.6 Å². The zero-order valence-corrected chi connectivity index (χ0v) is 22.1. The third kappa shape index (κ3) is 8.19. The van der Waals surface area contributed by atoms with Crippen molar-refractivity contribution < 1.29 is 9.53 Å². The summed E-state index contributed by atoms with van der Waals surface area (Å²) >= 11 is 0. The summed E-state index contributed by atoms with van der Waals surface area (Å²) in [6.07, 6.45) is 2.41. The Morgan fingerprint density at radius 1 is 1.06 bits per heavy atom. The van der Waals surface area contributed by atoms with E-state index in [0.717, 1.165) is 30.0 Å². The van der Waals surface area contributed by atoms with Crippen molar-refractivity contribution in [3.05, 3.63) is 65.7 Å². The van der Waals surface area contributed by atoms with Gasteiger partial charge in [0.05, 0.1) is 26.2 Å². The maximum absolute atomic E-state index is 12.1. The van der Waals surface area contributed by atoms with Crippen LogP contribution in [0.5, 0.6) is 5.75 Å². The Balaban J connectivity index is 0.00000385. The zero-order valence-electron chi connectivity index (χ0n) is 19.8. The Morgan fingerprint density at radius 2 is 1.73 bits per heavy atom. The van der Waals surface area contributed by atoms with Gasteiger partial charge in [-0.25, -0.2) is 4.99 Å². The summed E-state index contributed by atoms with van der Waals surface area (Å²) in [5.74, 6) is 1.52. The van der Waals surface area contributed by atoms with E-state index < -0.39 is 0 Å². The number of para-hydroxylation sites is 1. The van der Waals surface area contributed by atoms with Crippen molar-refractivity contribution >= 4 is 35.8 Å². The lowest BCUT2D eigenvalue weighted by molar-refractivity contribution is -0.127. The van der Waals surface area contributed by atoms with Crippen LogP contribution in [0.4, 0.5) is 0 Å². The van der Waals surface area contributed by atoms with Gasteiger partial charge in [0, 0.05) is 26.2 Å². The molecule has 1 fully saturated rings. The van der Waals surface area contributed by atoms with Crippen molar-refractivity contribution in [1.82, 2.24) is 20.4 Å². The van der Waals surface area contributed by atoms with E-state index in [2.05, 4.69) is 27.7 Å². The highest BCUT2D eigenvalue weighted by atomic mass is 127. The maximum Gasteiger partial charge on any atom is 0.241 e. The number of guanidine groups is 1. The van der Waals surface area contributed by atoms with E-state index in [4.69, 9.17) is 9.73 Å². The number of rotatable bonds is 9. The molecular formula is C25H36IN5O2. The average Bonchev–Trinajstić information content (AvgIpc) is 3.35. The molecule has 1 unspecified atom stereocenters. The summed E-state index contributed by atoms with van der Waals surface area (Å²) in [7, 11) is 5.22. The number of aliphatic imine (C=N–C) groups is 1. The van der Waals surface area contributed by atoms with Gasteiger partial charge in [0.2, 0.25) is 5.91 Å². The maximum atomic E-state index is 12.1. The van der Waals surface area contributed by atoms with Gasteiger partial charge in [0.1, 0.15) is 5.75 Å². The first kappa shape index (κ1) is 26.9. The SMILES string of the molecule is COc1ccccc1C(CNC(=NCc1ccccc1)NCC(=O)N(C)C)N1CCCC1.I. The molecule has 0 spiro atoms. The minimum atomic E-state index is 0. The van der Waals surface area contributed by atoms with Crippen LogP contribution in [0.25, 0.3) is 0 Å². The number of likely N-dealkylation sites (N-methyl/N-ethyl adjacent to an activating group) is 1. The van der Waals surface area contributed by atoms with E-state index in [1.807, 2.05) is 42.5 Å². The fraction of sp³-hybridized carbons (Fsp3) is 0.440. The number of ether oxygens (including phenoxy) is 1. The van der Waals surface area contributed by atoms with Crippen molar-refractivity contribution in [2.24, 2.45) is 4.99 Å². The minimum Gasteiger partial charge on any atom is -0.496 e. The van der Waals surface area contributed by atoms with Crippen molar-refractivity contribution in [1.29, 1.82) is 0 Å². The van der Waals surface area contributed by atoms with Gasteiger partial charge in [0.25, 0.3) is 0 Å². The van der Waals surface area contributed by atoms with Gasteiger partial charge in [0.15, 0.2) is 5.96 Å². The van der Waals surface area contributed by atoms with Crippen LogP contribution in [0.1, 0.15) is 30.0 Å². The summed E-state index contributed by atoms with van der Waals surface area (Å²) in [4.78, 5) is 20.9. The number of methoxy groups -OCH3 is 1. The Kier molecular flexibility index (Phi) is 11.5. The molecule has 2 aromatic rings. The molecule has 1 atom stereocenters. The Bertz CT molecular complexity index is 885. The topological polar surface area (TPSA) is 69.2 Å². The van der Waals surface area contributed by atoms with Gasteiger partial charge < -0.3 is 20.3 Å². The summed E-state index contributed by atoms with van der Waals surface area (Å²) in [6, 6.07) is 18.5. The van der Waals surface area contributed by atoms with Gasteiger partial charge in [-0.3, -0.25) is 9.69 Å². The molecule has 33 heavy (non-hydrogen) atoms. The molecule has 1 heterocycles. The van der Waals surface area contributed by atoms with Crippen LogP contribution in [0, 0.1) is 0 Å². The van der Waals surface area contributed by atoms with Gasteiger partial charge in [-0.2, -0.15) is 0 Å². The molecule has 0 aliphatic carbocycles. The summed E-state index contributed by atoms with van der Waals surface area (Å²) in [6.45, 7) is 3.52. The minimum absolute atomic E-state index is 0. The monoisotopic (exact) mass is 565 g/mol. The van der Waals surface area contributed by atoms with Crippen molar-refractivity contribution in [3.8, 4) is 5.75 Å². The fourth-order valence-electron chi connectivity index (χ4n) is 3.87. The predicted octanol–water partition coefficient (Wildman–Crippen LogP) is 3.27. The highest BCUT2D eigenvalue weighted by molar-refractivity contribution is 14.0. The zero-order chi connectivity index (χ0) is 22.8. The first-order valence-electron chi connectivity index (χ1n) is 11.2. The third-order valence-corrected chi connectivity index (χ3v) is 5.71. The molecule has 180 valence electrons. The number of hydrogen-bond donors (Lipinski definition) is 2. The second-order valence-electron chi connectivity index (χ2n) is 8.17. The highest BCUT2D eigenvalue weighted by Crippen LogP contribution is 2.31. The Labute approximate surface area is 214 Å². The first-order valence-corrected chi connectivity index (χ1v) is 11.2. The molecule has 1 amide bonds. The quantitative estimate of drug-likeness (QED) is 0.278. The summed E-state index contributed by atoms with van der Waals surface area (Å²) < 4.78 is 5.65. The van der Waals surface area contributed by atoms with Crippen LogP contribution >= 0.6 is 24.0 Å². The average molecular weight is 566 g/mol. The Hall–Kier alpha value is -2.33. The van der Waals surface area contributed by atoms with Crippen LogP contribution < -0.4 is 15.4 Å². The van der Waals surface area contributed by atoms with Crippen LogP contribution in [-0.4, -0.2) is 69.1 Å². The van der Waals surface area contributed by atoms with Gasteiger partial charge in [-0.15, -0.1) is 24.0 Å². The third-order valence-electron chi connectivity index (χ3n) is 5.71. The van der Waals surface area contributed by atoms with E-state index in [1.165, 1.54) is 12.8 Å². The van der Waals surface area contributed by atoms with E-state index in [0.29, 0.717) is 19.0 Å². The van der Waals surface area contributed by atoms with E-state index in [1.54, 1.807) is 26.1 Å². The predicted molar refractivity (Wildman–Crippen MR) is 144 cm³/mol. The second-order valence-corrected chi connectivity index (χ2v) is 8.17. The van der Waals surface area contributed by atoms with E-state index in [9.17, 15) is 4.79 Å². The molecule has 0 bridgehead atoms. The standard InChI is InChI=1S/C25H35N5O2.HI/c1-29(2)24(31)19-28-25(26-17-20-11-5-4-6-12-20)27-18-22(30-15-9-10-16-30)21-13-7-8-14-23(21)32-3;/h4-8,11-14,22H,9-10,15-19H2,1-3H3,(H2,26,27,28);1H. The van der Waals surface area contributed by atoms with Crippen molar-refractivity contribution in [2.75, 3.05) is 47.4 Å². The van der Waals surface area contributed by atoms with Crippen LogP contribution in [0.2, 0.25) is 0 Å². The number of carbonyl (C=O) groups is 1. The molecule has 2 aromatic carbocycles. The lowest BCUT2D eigenvalue weighted by Gasteiger charge is -2.30. The number of hydrogen-bond acceptors (Lipinski definition) is 4. The molecule has 2 N–H and O–H groups in total. The number of nitrogens with one attached hydrogen (secondary N) is 2. The lowest BCUT2D eigenvalue weighted by atomic mass is 10.0. The van der Waals surface area contributed by atoms with Gasteiger partial charge in [-0.05, 0) is 37.6 Å². The molecule has 0 saturated carbocycles. The molecule has 1 aliphatic rings. The Morgan fingerprint density at radius 3 is 2.39 bits per heavy atom. The van der Waals surface area contributed by atoms with Crippen molar-refractivity contribution in [2.45, 2.75) is 25.4 Å². The van der Waals surface area contributed by atoms with Gasteiger partial charge in [-0.1, -0.05) is 48.5 Å². The summed E-state index contributed by atoms with van der Waals surface area (Å²) in [5.41, 5.74) is 2.28. The van der Waals surface area contributed by atoms with Crippen LogP contribution in [0.3, 0.4) is 0 Å². The molecular weight excluding hydrogens is 529 g/mol. The fourth-order valence-corrected chi connectivity index (χ4v) is 3.87. The first-order chi connectivity index (χ1) is 15.6. The van der Waals surface area contributed by atoms with E-state index >= 15 is 0 Å². The molecule has 0 radical (unpaired) electrons. The molecule has 0 aromatic heterocycles. The van der Waals surface area contributed by atoms with Gasteiger partial charge >= 0.3 is 0 Å². The molecule has 3 rings (SSSR count). The van der Waals surface area contributed by atoms with E-state index in [-0.39, 0.29) is 42.5 Å². The highest BCUT2D eigenvalue weighted by Gasteiger charge is 2.26. The second kappa shape index (κ2) is 14.0. The molecule has 7 nitrogen and oxygen atoms in total. The number of amides is 1. The molecule has 8 heteroatoms. The number of carbonyl (C=O) groups excluding carboxylic acids is 1. The number of nitrogens with zero attached hydrogens (tertiary/aromatic N) is 3. The molecule has 1 saturated heterocycles. The van der Waals surface area contributed by atoms with Crippen molar-refractivity contribution in [3.63, 3.8) is 0 Å². The normalized spacial score (nSPS) is 14.8. The lowest BCUT2D eigenvalue weighted by Crippen LogP contribution is -2.45. The van der Waals surface area contributed by atoms with Crippen LogP contribution in [-0.2, 0) is 11.3 Å². The smallest absolute Gasteiger partial charge is 0.241 e.